The summed E-state index contributed by atoms with van der Waals surface area (Å²) in [6.07, 6.45) is 0.913. The number of rotatable bonds is 2. The molecule has 1 saturated heterocycles. The van der Waals surface area contributed by atoms with Gasteiger partial charge in [-0.1, -0.05) is 0 Å². The van der Waals surface area contributed by atoms with Gasteiger partial charge in [-0.05, 0) is 84.9 Å². The minimum Gasteiger partial charge on any atom is -0.444 e. The number of carbonyl (C=O) groups is 1. The van der Waals surface area contributed by atoms with Crippen molar-refractivity contribution in [2.24, 2.45) is 0 Å². The Morgan fingerprint density at radius 3 is 2.30 bits per heavy atom. The van der Waals surface area contributed by atoms with Crippen molar-refractivity contribution in [3.8, 4) is 0 Å². The predicted octanol–water partition coefficient (Wildman–Crippen LogP) is 3.99. The third-order valence-corrected chi connectivity index (χ3v) is 6.35. The van der Waals surface area contributed by atoms with Crippen LogP contribution >= 0.6 is 0 Å². The fraction of sp³-hybridized carbons (Fsp3) is 0.682. The number of hydrogen-bond acceptors (Lipinski definition) is 4. The van der Waals surface area contributed by atoms with Crippen LogP contribution in [0.1, 0.15) is 66.0 Å². The Morgan fingerprint density at radius 1 is 1.20 bits per heavy atom. The van der Waals surface area contributed by atoms with Crippen LogP contribution in [0.15, 0.2) is 6.07 Å². The van der Waals surface area contributed by atoms with Crippen LogP contribution in [-0.4, -0.2) is 48.0 Å². The average molecular weight is 423 g/mol. The van der Waals surface area contributed by atoms with Crippen LogP contribution in [0.25, 0.3) is 0 Å². The summed E-state index contributed by atoms with van der Waals surface area (Å²) in [4.78, 5) is 13.9. The first-order valence-electron chi connectivity index (χ1n) is 10.4. The van der Waals surface area contributed by atoms with Crippen LogP contribution in [0.3, 0.4) is 0 Å². The normalized spacial score (nSPS) is 22.6. The second kappa shape index (κ2) is 7.48. The maximum absolute atomic E-state index is 15.5. The molecule has 1 aromatic rings. The molecular weight excluding hydrogens is 391 g/mol. The molecule has 0 N–H and O–H groups in total. The highest BCUT2D eigenvalue weighted by Gasteiger charge is 2.53. The van der Waals surface area contributed by atoms with Gasteiger partial charge < -0.3 is 18.9 Å². The number of nitrogens with zero attached hydrogens (tertiary/aromatic N) is 1. The van der Waals surface area contributed by atoms with Gasteiger partial charge in [0, 0.05) is 13.1 Å². The molecule has 3 rings (SSSR count). The Kier molecular flexibility index (Phi) is 5.74. The van der Waals surface area contributed by atoms with Crippen molar-refractivity contribution in [1.29, 1.82) is 0 Å². The largest absolute Gasteiger partial charge is 0.500 e. The number of likely N-dealkylation sites (N-methyl/N-ethyl adjacent to an activating group) is 1. The summed E-state index contributed by atoms with van der Waals surface area (Å²) in [6.45, 7) is 12.8. The Labute approximate surface area is 178 Å². The number of hydrogen-bond donors (Lipinski definition) is 0. The van der Waals surface area contributed by atoms with Crippen LogP contribution in [0.4, 0.5) is 13.6 Å². The third kappa shape index (κ3) is 4.21. The van der Waals surface area contributed by atoms with Gasteiger partial charge in [0.15, 0.2) is 0 Å². The highest BCUT2D eigenvalue weighted by atomic mass is 19.1. The molecule has 1 heterocycles. The van der Waals surface area contributed by atoms with Crippen molar-refractivity contribution in [3.63, 3.8) is 0 Å². The fourth-order valence-corrected chi connectivity index (χ4v) is 3.82. The van der Waals surface area contributed by atoms with Crippen LogP contribution in [0.5, 0.6) is 0 Å². The van der Waals surface area contributed by atoms with Gasteiger partial charge in [-0.2, -0.15) is 0 Å². The zero-order chi connectivity index (χ0) is 22.6. The number of carbonyl (C=O) groups excluding carboxylic acids is 1. The Balaban J connectivity index is 1.88. The molecular formula is C22H32BF2NO4. The summed E-state index contributed by atoms with van der Waals surface area (Å²) in [6, 6.07) is 1.14. The van der Waals surface area contributed by atoms with Crippen molar-refractivity contribution in [2.45, 2.75) is 90.6 Å². The molecule has 0 spiro atoms. The number of ether oxygens (including phenoxy) is 1. The molecule has 1 aromatic carbocycles. The van der Waals surface area contributed by atoms with Crippen LogP contribution in [0, 0.1) is 11.6 Å². The van der Waals surface area contributed by atoms with E-state index in [0.717, 1.165) is 0 Å². The van der Waals surface area contributed by atoms with Crippen molar-refractivity contribution >= 4 is 18.7 Å². The predicted molar refractivity (Wildman–Crippen MR) is 112 cm³/mol. The van der Waals surface area contributed by atoms with E-state index in [9.17, 15) is 9.18 Å². The molecule has 1 aliphatic heterocycles. The fourth-order valence-electron chi connectivity index (χ4n) is 3.82. The molecule has 1 fully saturated rings. The SMILES string of the molecule is CN(C(=O)OC(C)(C)C)C1CCc2cc(F)c(B3OC(C)(C)C(C)(C)O3)c(F)c2C1. The first kappa shape index (κ1) is 23.0. The molecule has 1 amide bonds. The van der Waals surface area contributed by atoms with E-state index in [2.05, 4.69) is 0 Å². The van der Waals surface area contributed by atoms with Gasteiger partial charge in [-0.3, -0.25) is 0 Å². The lowest BCUT2D eigenvalue weighted by Crippen LogP contribution is -2.45. The second-order valence-electron chi connectivity index (χ2n) is 10.3. The first-order valence-corrected chi connectivity index (χ1v) is 10.4. The van der Waals surface area contributed by atoms with Gasteiger partial charge in [0.25, 0.3) is 0 Å². The maximum Gasteiger partial charge on any atom is 0.500 e. The average Bonchev–Trinajstić information content (AvgIpc) is 2.79. The molecule has 0 saturated carbocycles. The van der Waals surface area contributed by atoms with Gasteiger partial charge >= 0.3 is 13.2 Å². The summed E-state index contributed by atoms with van der Waals surface area (Å²) in [5.41, 5.74) is -1.19. The molecule has 166 valence electrons. The highest BCUT2D eigenvalue weighted by Crippen LogP contribution is 2.37. The number of fused-ring (bicyclic) bond motifs is 1. The smallest absolute Gasteiger partial charge is 0.444 e. The Hall–Kier alpha value is -1.67. The molecule has 8 heteroatoms. The van der Waals surface area contributed by atoms with Crippen molar-refractivity contribution in [2.75, 3.05) is 7.05 Å². The van der Waals surface area contributed by atoms with Crippen LogP contribution < -0.4 is 5.46 Å². The van der Waals surface area contributed by atoms with Crippen LogP contribution in [0.2, 0.25) is 0 Å². The molecule has 1 aliphatic carbocycles. The van der Waals surface area contributed by atoms with Crippen LogP contribution in [-0.2, 0) is 26.9 Å². The molecule has 0 radical (unpaired) electrons. The van der Waals surface area contributed by atoms with Gasteiger partial charge in [0.1, 0.15) is 17.2 Å². The Bertz CT molecular complexity index is 835. The number of benzene rings is 1. The summed E-state index contributed by atoms with van der Waals surface area (Å²) in [7, 11) is 0.532. The van der Waals surface area contributed by atoms with E-state index in [1.165, 1.54) is 11.0 Å². The Morgan fingerprint density at radius 2 is 1.77 bits per heavy atom. The third-order valence-electron chi connectivity index (χ3n) is 6.35. The zero-order valence-electron chi connectivity index (χ0n) is 19.2. The molecule has 0 aromatic heterocycles. The van der Waals surface area contributed by atoms with Gasteiger partial charge in [-0.25, -0.2) is 13.6 Å². The van der Waals surface area contributed by atoms with E-state index in [4.69, 9.17) is 14.0 Å². The monoisotopic (exact) mass is 423 g/mol. The van der Waals surface area contributed by atoms with E-state index in [1.54, 1.807) is 27.8 Å². The first-order chi connectivity index (χ1) is 13.6. The topological polar surface area (TPSA) is 48.0 Å². The van der Waals surface area contributed by atoms with Gasteiger partial charge in [0.05, 0.1) is 16.7 Å². The summed E-state index contributed by atoms with van der Waals surface area (Å²) >= 11 is 0. The second-order valence-corrected chi connectivity index (χ2v) is 10.3. The summed E-state index contributed by atoms with van der Waals surface area (Å²) in [5.74, 6) is -1.31. The van der Waals surface area contributed by atoms with E-state index < -0.39 is 41.6 Å². The van der Waals surface area contributed by atoms with Crippen molar-refractivity contribution in [1.82, 2.24) is 4.90 Å². The molecule has 30 heavy (non-hydrogen) atoms. The van der Waals surface area contributed by atoms with E-state index in [-0.39, 0.29) is 17.9 Å². The number of aryl methyl sites for hydroxylation is 1. The number of halogens is 2. The summed E-state index contributed by atoms with van der Waals surface area (Å²) < 4.78 is 47.6. The highest BCUT2D eigenvalue weighted by molar-refractivity contribution is 6.62. The van der Waals surface area contributed by atoms with Gasteiger partial charge in [0.2, 0.25) is 0 Å². The maximum atomic E-state index is 15.5. The van der Waals surface area contributed by atoms with E-state index in [0.29, 0.717) is 24.0 Å². The molecule has 5 nitrogen and oxygen atoms in total. The molecule has 2 aliphatic rings. The lowest BCUT2D eigenvalue weighted by molar-refractivity contribution is 0.00578. The minimum absolute atomic E-state index is 0.201. The van der Waals surface area contributed by atoms with Gasteiger partial charge in [-0.15, -0.1) is 0 Å². The molecule has 0 bridgehead atoms. The standard InChI is InChI=1S/C22H32BF2NO4/c1-20(2,3)28-19(27)26(8)14-10-9-13-11-16(24)17(18(25)15(13)12-14)23-29-21(4,5)22(6,7)30-23/h11,14H,9-10,12H2,1-8H3. The van der Waals surface area contributed by atoms with E-state index in [1.807, 2.05) is 27.7 Å². The van der Waals surface area contributed by atoms with E-state index >= 15 is 4.39 Å². The molecule has 1 atom stereocenters. The van der Waals surface area contributed by atoms with Crippen molar-refractivity contribution in [3.05, 3.63) is 28.8 Å². The lowest BCUT2D eigenvalue weighted by Gasteiger charge is -2.34. The minimum atomic E-state index is -1.12. The zero-order valence-corrected chi connectivity index (χ0v) is 19.2. The number of amides is 1. The lowest BCUT2D eigenvalue weighted by atomic mass is 9.74. The quantitative estimate of drug-likeness (QED) is 0.676. The van der Waals surface area contributed by atoms with Crippen molar-refractivity contribution < 1.29 is 27.6 Å². The molecule has 1 unspecified atom stereocenters. The summed E-state index contributed by atoms with van der Waals surface area (Å²) in [5, 5.41) is 0.